The van der Waals surface area contributed by atoms with Gasteiger partial charge in [0.2, 0.25) is 0 Å². The van der Waals surface area contributed by atoms with Gasteiger partial charge in [0.1, 0.15) is 13.2 Å². The van der Waals surface area contributed by atoms with Crippen LogP contribution >= 0.6 is 0 Å². The number of carbonyl (C=O) groups excluding carboxylic acids is 3. The molecule has 0 N–H and O–H groups in total. The molecule has 0 radical (unpaired) electrons. The van der Waals surface area contributed by atoms with Crippen molar-refractivity contribution in [2.75, 3.05) is 13.2 Å². The van der Waals surface area contributed by atoms with E-state index in [2.05, 4.69) is 34.6 Å². The van der Waals surface area contributed by atoms with Gasteiger partial charge in [0, 0.05) is 19.3 Å². The van der Waals surface area contributed by atoms with Crippen molar-refractivity contribution in [3.05, 3.63) is 0 Å². The van der Waals surface area contributed by atoms with Crippen LogP contribution in [0, 0.1) is 11.8 Å². The molecule has 0 amide bonds. The highest BCUT2D eigenvalue weighted by Gasteiger charge is 2.19. The summed E-state index contributed by atoms with van der Waals surface area (Å²) in [5.41, 5.74) is 0. The SMILES string of the molecule is CCCCCCCC(=O)O[C@H](COC(=O)CCCCCCCCCCCC(C)C)COC(=O)CCCCCCCCCC(C)C. The van der Waals surface area contributed by atoms with E-state index < -0.39 is 6.10 Å². The Kier molecular flexibility index (Phi) is 31.2. The summed E-state index contributed by atoms with van der Waals surface area (Å²) in [5, 5.41) is 0. The van der Waals surface area contributed by atoms with E-state index in [0.29, 0.717) is 19.3 Å². The van der Waals surface area contributed by atoms with Crippen LogP contribution in [0.1, 0.15) is 202 Å². The van der Waals surface area contributed by atoms with Crippen molar-refractivity contribution in [2.24, 2.45) is 11.8 Å². The molecule has 0 aromatic heterocycles. The van der Waals surface area contributed by atoms with Gasteiger partial charge < -0.3 is 14.2 Å². The number of esters is 3. The minimum atomic E-state index is -0.757. The van der Waals surface area contributed by atoms with Crippen LogP contribution < -0.4 is 0 Å². The van der Waals surface area contributed by atoms with Gasteiger partial charge in [-0.15, -0.1) is 0 Å². The molecule has 6 nitrogen and oxygen atoms in total. The van der Waals surface area contributed by atoms with Gasteiger partial charge in [-0.05, 0) is 31.1 Å². The average Bonchev–Trinajstić information content (AvgIpc) is 2.99. The van der Waals surface area contributed by atoms with Gasteiger partial charge in [-0.3, -0.25) is 14.4 Å². The molecule has 0 aliphatic carbocycles. The third-order valence-corrected chi connectivity index (χ3v) is 8.47. The molecule has 0 aromatic rings. The van der Waals surface area contributed by atoms with Gasteiger partial charge in [0.15, 0.2) is 6.10 Å². The first-order valence-electron chi connectivity index (χ1n) is 19.2. The molecule has 0 fully saturated rings. The third-order valence-electron chi connectivity index (χ3n) is 8.47. The highest BCUT2D eigenvalue weighted by molar-refractivity contribution is 5.71. The fourth-order valence-electron chi connectivity index (χ4n) is 5.52. The number of unbranched alkanes of at least 4 members (excludes halogenated alkanes) is 18. The molecule has 0 saturated heterocycles. The minimum absolute atomic E-state index is 0.0681. The predicted octanol–water partition coefficient (Wildman–Crippen LogP) is 11.5. The van der Waals surface area contributed by atoms with Gasteiger partial charge in [0.05, 0.1) is 0 Å². The van der Waals surface area contributed by atoms with E-state index >= 15 is 0 Å². The number of hydrogen-bond donors (Lipinski definition) is 0. The van der Waals surface area contributed by atoms with Gasteiger partial charge >= 0.3 is 17.9 Å². The Labute approximate surface area is 278 Å². The highest BCUT2D eigenvalue weighted by Crippen LogP contribution is 2.15. The minimum Gasteiger partial charge on any atom is -0.462 e. The summed E-state index contributed by atoms with van der Waals surface area (Å²) in [6, 6.07) is 0. The van der Waals surface area contributed by atoms with Crippen LogP contribution in [0.25, 0.3) is 0 Å². The topological polar surface area (TPSA) is 78.9 Å². The summed E-state index contributed by atoms with van der Waals surface area (Å²) in [6.45, 7) is 11.1. The average molecular weight is 639 g/mol. The fourth-order valence-corrected chi connectivity index (χ4v) is 5.52. The molecule has 0 unspecified atom stereocenters. The van der Waals surface area contributed by atoms with Crippen molar-refractivity contribution in [3.63, 3.8) is 0 Å². The van der Waals surface area contributed by atoms with Gasteiger partial charge in [-0.25, -0.2) is 0 Å². The molecule has 0 rings (SSSR count). The Morgan fingerprint density at radius 2 is 0.733 bits per heavy atom. The summed E-state index contributed by atoms with van der Waals surface area (Å²) in [5.74, 6) is 0.705. The van der Waals surface area contributed by atoms with Crippen LogP contribution in [0.4, 0.5) is 0 Å². The van der Waals surface area contributed by atoms with Gasteiger partial charge in [-0.1, -0.05) is 163 Å². The quantitative estimate of drug-likeness (QED) is 0.0404. The van der Waals surface area contributed by atoms with E-state index in [0.717, 1.165) is 76.0 Å². The van der Waals surface area contributed by atoms with Crippen LogP contribution in [0.15, 0.2) is 0 Å². The zero-order valence-electron chi connectivity index (χ0n) is 30.5. The molecular weight excluding hydrogens is 564 g/mol. The molecule has 0 saturated carbocycles. The third kappa shape index (κ3) is 33.6. The Balaban J connectivity index is 4.24. The first kappa shape index (κ1) is 43.4. The van der Waals surface area contributed by atoms with E-state index in [1.54, 1.807) is 0 Å². The standard InChI is InChI=1S/C39H74O6/c1-6-7-8-17-26-31-39(42)45-36(33-44-38(41)30-25-21-16-12-14-19-23-28-35(4)5)32-43-37(40)29-24-20-15-11-9-10-13-18-22-27-34(2)3/h34-36H,6-33H2,1-5H3/t36-/m1/s1. The lowest BCUT2D eigenvalue weighted by molar-refractivity contribution is -0.167. The molecule has 1 atom stereocenters. The van der Waals surface area contributed by atoms with Crippen LogP contribution in [0.5, 0.6) is 0 Å². The lowest BCUT2D eigenvalue weighted by atomic mass is 10.0. The highest BCUT2D eigenvalue weighted by atomic mass is 16.6. The largest absolute Gasteiger partial charge is 0.462 e. The zero-order chi connectivity index (χ0) is 33.4. The lowest BCUT2D eigenvalue weighted by Crippen LogP contribution is -2.30. The van der Waals surface area contributed by atoms with Crippen molar-refractivity contribution < 1.29 is 28.6 Å². The normalized spacial score (nSPS) is 12.1. The number of carbonyl (C=O) groups is 3. The first-order valence-corrected chi connectivity index (χ1v) is 19.2. The zero-order valence-corrected chi connectivity index (χ0v) is 30.5. The van der Waals surface area contributed by atoms with Crippen molar-refractivity contribution in [3.8, 4) is 0 Å². The van der Waals surface area contributed by atoms with Crippen molar-refractivity contribution in [2.45, 2.75) is 208 Å². The Bertz CT molecular complexity index is 689. The van der Waals surface area contributed by atoms with Crippen molar-refractivity contribution in [1.82, 2.24) is 0 Å². The molecule has 6 heteroatoms. The van der Waals surface area contributed by atoms with E-state index in [4.69, 9.17) is 14.2 Å². The second-order valence-electron chi connectivity index (χ2n) is 14.2. The molecule has 0 aliphatic heterocycles. The van der Waals surface area contributed by atoms with Crippen molar-refractivity contribution in [1.29, 1.82) is 0 Å². The summed E-state index contributed by atoms with van der Waals surface area (Å²) in [6.07, 6.45) is 27.0. The summed E-state index contributed by atoms with van der Waals surface area (Å²) >= 11 is 0. The van der Waals surface area contributed by atoms with E-state index in [1.165, 1.54) is 83.5 Å². The van der Waals surface area contributed by atoms with Crippen LogP contribution in [-0.2, 0) is 28.6 Å². The second kappa shape index (κ2) is 32.4. The Morgan fingerprint density at radius 1 is 0.422 bits per heavy atom. The Hall–Kier alpha value is -1.59. The van der Waals surface area contributed by atoms with E-state index in [1.807, 2.05) is 0 Å². The molecule has 266 valence electrons. The van der Waals surface area contributed by atoms with Crippen LogP contribution in [-0.4, -0.2) is 37.2 Å². The summed E-state index contributed by atoms with van der Waals surface area (Å²) in [7, 11) is 0. The maximum absolute atomic E-state index is 12.4. The molecule has 0 aliphatic rings. The molecule has 0 aromatic carbocycles. The number of ether oxygens (including phenoxy) is 3. The molecular formula is C39H74O6. The number of rotatable bonds is 33. The van der Waals surface area contributed by atoms with Crippen molar-refractivity contribution >= 4 is 17.9 Å². The molecule has 45 heavy (non-hydrogen) atoms. The van der Waals surface area contributed by atoms with Crippen LogP contribution in [0.2, 0.25) is 0 Å². The van der Waals surface area contributed by atoms with E-state index in [9.17, 15) is 14.4 Å². The van der Waals surface area contributed by atoms with Gasteiger partial charge in [-0.2, -0.15) is 0 Å². The number of hydrogen-bond acceptors (Lipinski definition) is 6. The molecule has 0 heterocycles. The van der Waals surface area contributed by atoms with Crippen LogP contribution in [0.3, 0.4) is 0 Å². The smallest absolute Gasteiger partial charge is 0.306 e. The maximum atomic E-state index is 12.4. The lowest BCUT2D eigenvalue weighted by Gasteiger charge is -2.18. The van der Waals surface area contributed by atoms with Gasteiger partial charge in [0.25, 0.3) is 0 Å². The molecule has 0 spiro atoms. The Morgan fingerprint density at radius 3 is 1.09 bits per heavy atom. The monoisotopic (exact) mass is 639 g/mol. The first-order chi connectivity index (χ1) is 21.7. The molecule has 0 bridgehead atoms. The maximum Gasteiger partial charge on any atom is 0.306 e. The summed E-state index contributed by atoms with van der Waals surface area (Å²) in [4.78, 5) is 37.2. The van der Waals surface area contributed by atoms with E-state index in [-0.39, 0.29) is 31.1 Å². The second-order valence-corrected chi connectivity index (χ2v) is 14.2. The predicted molar refractivity (Wildman–Crippen MR) is 187 cm³/mol. The summed E-state index contributed by atoms with van der Waals surface area (Å²) < 4.78 is 16.5. The fraction of sp³-hybridized carbons (Fsp3) is 0.923.